The predicted octanol–water partition coefficient (Wildman–Crippen LogP) is 1.35. The number of fused-ring (bicyclic) bond motifs is 1. The maximum absolute atomic E-state index is 12.2. The van der Waals surface area contributed by atoms with Crippen LogP contribution in [0.1, 0.15) is 26.2 Å². The molecule has 2 N–H and O–H groups in total. The number of aromatic nitrogens is 2. The highest BCUT2D eigenvalue weighted by atomic mass is 32.1. The molecule has 1 aliphatic rings. The quantitative estimate of drug-likeness (QED) is 0.865. The van der Waals surface area contributed by atoms with Gasteiger partial charge in [0.05, 0.1) is 11.7 Å². The van der Waals surface area contributed by atoms with E-state index in [-0.39, 0.29) is 16.9 Å². The van der Waals surface area contributed by atoms with Crippen LogP contribution in [0.15, 0.2) is 22.6 Å². The number of nitrogens with one attached hydrogen (secondary N) is 2. The number of hydrogen-bond donors (Lipinski definition) is 2. The Bertz CT molecular complexity index is 746. The number of piperidine rings is 1. The van der Waals surface area contributed by atoms with E-state index in [4.69, 9.17) is 0 Å². The summed E-state index contributed by atoms with van der Waals surface area (Å²) in [6, 6.07) is 1.78. The molecule has 3 rings (SSSR count). The summed E-state index contributed by atoms with van der Waals surface area (Å²) < 4.78 is 1.51. The zero-order chi connectivity index (χ0) is 16.3. The van der Waals surface area contributed by atoms with Crippen LogP contribution >= 0.6 is 11.3 Å². The molecule has 23 heavy (non-hydrogen) atoms. The third-order valence-electron chi connectivity index (χ3n) is 4.55. The van der Waals surface area contributed by atoms with E-state index in [1.807, 2.05) is 5.38 Å². The van der Waals surface area contributed by atoms with Gasteiger partial charge in [-0.2, -0.15) is 0 Å². The largest absolute Gasteiger partial charge is 0.355 e. The molecule has 1 fully saturated rings. The topological polar surface area (TPSA) is 76.0 Å². The minimum atomic E-state index is -0.0747. The van der Waals surface area contributed by atoms with Crippen molar-refractivity contribution in [2.24, 2.45) is 5.41 Å². The molecule has 0 aliphatic carbocycles. The van der Waals surface area contributed by atoms with Crippen LogP contribution in [0, 0.1) is 5.41 Å². The van der Waals surface area contributed by atoms with Gasteiger partial charge in [-0.05, 0) is 42.8 Å². The second kappa shape index (κ2) is 6.80. The molecule has 1 aliphatic heterocycles. The Kier molecular flexibility index (Phi) is 4.77. The van der Waals surface area contributed by atoms with Crippen molar-refractivity contribution in [3.05, 3.63) is 28.1 Å². The van der Waals surface area contributed by atoms with Crippen molar-refractivity contribution >= 4 is 27.5 Å². The summed E-state index contributed by atoms with van der Waals surface area (Å²) in [5, 5.41) is 8.83. The Labute approximate surface area is 138 Å². The van der Waals surface area contributed by atoms with Crippen LogP contribution in [0.3, 0.4) is 0 Å². The van der Waals surface area contributed by atoms with Gasteiger partial charge in [-0.15, -0.1) is 11.3 Å². The molecule has 0 spiro atoms. The number of carbonyl (C=O) groups is 1. The Balaban J connectivity index is 1.54. The molecule has 6 nitrogen and oxygen atoms in total. The van der Waals surface area contributed by atoms with Gasteiger partial charge in [-0.3, -0.25) is 14.2 Å². The minimum absolute atomic E-state index is 0.0120. The molecule has 3 heterocycles. The fraction of sp³-hybridized carbons (Fsp3) is 0.562. The van der Waals surface area contributed by atoms with E-state index in [2.05, 4.69) is 22.5 Å². The molecule has 1 amide bonds. The van der Waals surface area contributed by atoms with Crippen molar-refractivity contribution in [1.29, 1.82) is 0 Å². The van der Waals surface area contributed by atoms with Crippen molar-refractivity contribution in [2.75, 3.05) is 19.6 Å². The summed E-state index contributed by atoms with van der Waals surface area (Å²) in [7, 11) is 0. The van der Waals surface area contributed by atoms with Gasteiger partial charge in [-0.25, -0.2) is 4.98 Å². The van der Waals surface area contributed by atoms with E-state index >= 15 is 0 Å². The summed E-state index contributed by atoms with van der Waals surface area (Å²) in [4.78, 5) is 29.3. The number of thiophene rings is 1. The number of aryl methyl sites for hydroxylation is 1. The lowest BCUT2D eigenvalue weighted by molar-refractivity contribution is -0.121. The highest BCUT2D eigenvalue weighted by molar-refractivity contribution is 7.16. The van der Waals surface area contributed by atoms with Crippen LogP contribution in [0.2, 0.25) is 0 Å². The van der Waals surface area contributed by atoms with Gasteiger partial charge < -0.3 is 10.6 Å². The van der Waals surface area contributed by atoms with E-state index in [1.54, 1.807) is 6.07 Å². The maximum atomic E-state index is 12.2. The third-order valence-corrected chi connectivity index (χ3v) is 5.37. The van der Waals surface area contributed by atoms with Crippen molar-refractivity contribution in [2.45, 2.75) is 32.7 Å². The van der Waals surface area contributed by atoms with Crippen molar-refractivity contribution < 1.29 is 4.79 Å². The molecule has 2 aromatic heterocycles. The smallest absolute Gasteiger partial charge is 0.262 e. The van der Waals surface area contributed by atoms with Crippen LogP contribution in [-0.2, 0) is 11.3 Å². The van der Waals surface area contributed by atoms with Crippen LogP contribution in [0.25, 0.3) is 10.2 Å². The van der Waals surface area contributed by atoms with E-state index < -0.39 is 0 Å². The summed E-state index contributed by atoms with van der Waals surface area (Å²) >= 11 is 1.45. The predicted molar refractivity (Wildman–Crippen MR) is 91.7 cm³/mol. The van der Waals surface area contributed by atoms with Crippen molar-refractivity contribution in [3.8, 4) is 0 Å². The average molecular weight is 334 g/mol. The summed E-state index contributed by atoms with van der Waals surface area (Å²) in [6.07, 6.45) is 3.98. The Hall–Kier alpha value is -1.73. The molecule has 0 bridgehead atoms. The van der Waals surface area contributed by atoms with Gasteiger partial charge in [0.25, 0.3) is 5.56 Å². The van der Waals surface area contributed by atoms with Gasteiger partial charge in [0.1, 0.15) is 4.83 Å². The van der Waals surface area contributed by atoms with Gasteiger partial charge in [0, 0.05) is 19.5 Å². The minimum Gasteiger partial charge on any atom is -0.355 e. The number of rotatable bonds is 5. The lowest BCUT2D eigenvalue weighted by Crippen LogP contribution is -2.43. The molecule has 0 aromatic carbocycles. The van der Waals surface area contributed by atoms with Crippen LogP contribution in [0.4, 0.5) is 0 Å². The van der Waals surface area contributed by atoms with E-state index in [9.17, 15) is 9.59 Å². The van der Waals surface area contributed by atoms with E-state index in [0.29, 0.717) is 24.9 Å². The van der Waals surface area contributed by atoms with Crippen LogP contribution < -0.4 is 16.2 Å². The number of nitrogens with zero attached hydrogens (tertiary/aromatic N) is 2. The van der Waals surface area contributed by atoms with Gasteiger partial charge >= 0.3 is 0 Å². The standard InChI is InChI=1S/C16H22N4O2S/c1-16(4-6-17-7-5-16)10-18-13(21)2-8-20-11-19-14-12(15(20)22)3-9-23-14/h3,9,11,17H,2,4-8,10H2,1H3,(H,18,21). The molecule has 2 aromatic rings. The Morgan fingerprint density at radius 2 is 2.26 bits per heavy atom. The van der Waals surface area contributed by atoms with Gasteiger partial charge in [0.15, 0.2) is 0 Å². The molecule has 0 atom stereocenters. The SMILES string of the molecule is CC1(CNC(=O)CCn2cnc3sccc3c2=O)CCNCC1. The molecule has 0 radical (unpaired) electrons. The summed E-state index contributed by atoms with van der Waals surface area (Å²) in [5.41, 5.74) is 0.101. The zero-order valence-electron chi connectivity index (χ0n) is 13.3. The number of amides is 1. The van der Waals surface area contributed by atoms with Crippen molar-refractivity contribution in [3.63, 3.8) is 0 Å². The Morgan fingerprint density at radius 3 is 3.04 bits per heavy atom. The Morgan fingerprint density at radius 1 is 1.48 bits per heavy atom. The molecule has 1 saturated heterocycles. The van der Waals surface area contributed by atoms with Crippen LogP contribution in [0.5, 0.6) is 0 Å². The average Bonchev–Trinajstić information content (AvgIpc) is 3.03. The normalized spacial score (nSPS) is 17.3. The van der Waals surface area contributed by atoms with Gasteiger partial charge in [-0.1, -0.05) is 6.92 Å². The lowest BCUT2D eigenvalue weighted by atomic mass is 9.81. The van der Waals surface area contributed by atoms with Crippen molar-refractivity contribution in [1.82, 2.24) is 20.2 Å². The first-order chi connectivity index (χ1) is 11.1. The lowest BCUT2D eigenvalue weighted by Gasteiger charge is -2.34. The van der Waals surface area contributed by atoms with E-state index in [1.165, 1.54) is 22.2 Å². The highest BCUT2D eigenvalue weighted by Gasteiger charge is 2.26. The molecule has 0 unspecified atom stereocenters. The van der Waals surface area contributed by atoms with Crippen LogP contribution in [-0.4, -0.2) is 35.1 Å². The maximum Gasteiger partial charge on any atom is 0.262 e. The highest BCUT2D eigenvalue weighted by Crippen LogP contribution is 2.26. The molecule has 0 saturated carbocycles. The first-order valence-electron chi connectivity index (χ1n) is 7.97. The van der Waals surface area contributed by atoms with Gasteiger partial charge in [0.2, 0.25) is 5.91 Å². The monoisotopic (exact) mass is 334 g/mol. The second-order valence-electron chi connectivity index (χ2n) is 6.47. The molecular formula is C16H22N4O2S. The molecular weight excluding hydrogens is 312 g/mol. The number of carbonyl (C=O) groups excluding carboxylic acids is 1. The first-order valence-corrected chi connectivity index (χ1v) is 8.85. The third kappa shape index (κ3) is 3.79. The fourth-order valence-electron chi connectivity index (χ4n) is 2.88. The molecule has 124 valence electrons. The number of hydrogen-bond acceptors (Lipinski definition) is 5. The second-order valence-corrected chi connectivity index (χ2v) is 7.36. The molecule has 7 heteroatoms. The first kappa shape index (κ1) is 16.1. The summed E-state index contributed by atoms with van der Waals surface area (Å²) in [5.74, 6) is -0.0120. The fourth-order valence-corrected chi connectivity index (χ4v) is 3.61. The zero-order valence-corrected chi connectivity index (χ0v) is 14.1. The summed E-state index contributed by atoms with van der Waals surface area (Å²) in [6.45, 7) is 5.29. The van der Waals surface area contributed by atoms with E-state index in [0.717, 1.165) is 30.8 Å².